The fraction of sp³-hybridized carbons (Fsp3) is 0.455. The van der Waals surface area contributed by atoms with Crippen LogP contribution in [-0.4, -0.2) is 44.5 Å². The topological polar surface area (TPSA) is 57.8 Å². The number of imidazole rings is 1. The molecule has 1 saturated heterocycles. The number of carbonyl (C=O) groups excluding carboxylic acids is 1. The van der Waals surface area contributed by atoms with E-state index in [1.807, 2.05) is 22.2 Å². The summed E-state index contributed by atoms with van der Waals surface area (Å²) in [6.07, 6.45) is 4.46. The number of carbonyl (C=O) groups is 1. The highest BCUT2D eigenvalue weighted by molar-refractivity contribution is 7.15. The van der Waals surface area contributed by atoms with Gasteiger partial charge in [-0.25, -0.2) is 4.98 Å². The van der Waals surface area contributed by atoms with Crippen molar-refractivity contribution >= 4 is 22.2 Å². The van der Waals surface area contributed by atoms with Gasteiger partial charge in [0, 0.05) is 30.9 Å². The lowest BCUT2D eigenvalue weighted by Crippen LogP contribution is -2.30. The monoisotopic (exact) mass is 251 g/mol. The fourth-order valence-corrected chi connectivity index (χ4v) is 2.82. The summed E-state index contributed by atoms with van der Waals surface area (Å²) in [6.45, 7) is 1.11. The number of hydrogen-bond acceptors (Lipinski definition) is 4. The summed E-state index contributed by atoms with van der Waals surface area (Å²) in [7, 11) is 0. The number of likely N-dealkylation sites (tertiary alicyclic amines) is 1. The smallest absolute Gasteiger partial charge is 0.228 e. The molecule has 1 fully saturated rings. The molecule has 0 spiro atoms. The van der Waals surface area contributed by atoms with Gasteiger partial charge in [-0.15, -0.1) is 11.3 Å². The maximum absolute atomic E-state index is 11.9. The molecule has 0 saturated carbocycles. The van der Waals surface area contributed by atoms with Crippen molar-refractivity contribution in [1.82, 2.24) is 14.3 Å². The summed E-state index contributed by atoms with van der Waals surface area (Å²) in [5.74, 6) is 0.0484. The van der Waals surface area contributed by atoms with E-state index in [1.54, 1.807) is 16.2 Å². The quantitative estimate of drug-likeness (QED) is 0.847. The minimum absolute atomic E-state index is 0.0484. The van der Waals surface area contributed by atoms with E-state index >= 15 is 0 Å². The lowest BCUT2D eigenvalue weighted by atomic mass is 10.3. The molecule has 1 aliphatic rings. The molecule has 2 aromatic heterocycles. The van der Waals surface area contributed by atoms with Gasteiger partial charge in [0.1, 0.15) is 0 Å². The maximum Gasteiger partial charge on any atom is 0.228 e. The number of thiazole rings is 1. The SMILES string of the molecule is O=C(Cc1cn2ccsc2n1)N1CC[C@@H](O)C1. The van der Waals surface area contributed by atoms with Crippen LogP contribution in [0.15, 0.2) is 17.8 Å². The van der Waals surface area contributed by atoms with Gasteiger partial charge >= 0.3 is 0 Å². The third kappa shape index (κ3) is 2.05. The Bertz CT molecular complexity index is 519. The van der Waals surface area contributed by atoms with E-state index in [-0.39, 0.29) is 12.0 Å². The van der Waals surface area contributed by atoms with Gasteiger partial charge in [-0.3, -0.25) is 9.20 Å². The Morgan fingerprint density at radius 1 is 1.65 bits per heavy atom. The number of fused-ring (bicyclic) bond motifs is 1. The molecule has 3 rings (SSSR count). The van der Waals surface area contributed by atoms with E-state index in [4.69, 9.17) is 0 Å². The standard InChI is InChI=1S/C11H13N3O2S/c15-9-1-2-13(7-9)10(16)5-8-6-14-3-4-17-11(14)12-8/h3-4,6,9,15H,1-2,5,7H2/t9-/m1/s1. The third-order valence-corrected chi connectivity index (χ3v) is 3.76. The number of β-amino-alcohol motifs (C(OH)–C–C–N with tert-alkyl or cyclic N) is 1. The molecule has 1 aliphatic heterocycles. The molecule has 1 atom stereocenters. The van der Waals surface area contributed by atoms with Gasteiger partial charge in [-0.1, -0.05) is 0 Å². The zero-order chi connectivity index (χ0) is 11.8. The summed E-state index contributed by atoms with van der Waals surface area (Å²) >= 11 is 1.55. The van der Waals surface area contributed by atoms with Crippen molar-refractivity contribution in [3.05, 3.63) is 23.5 Å². The van der Waals surface area contributed by atoms with E-state index in [1.165, 1.54) is 0 Å². The van der Waals surface area contributed by atoms with Crippen LogP contribution in [0.25, 0.3) is 4.96 Å². The lowest BCUT2D eigenvalue weighted by molar-refractivity contribution is -0.129. The summed E-state index contributed by atoms with van der Waals surface area (Å²) in [6, 6.07) is 0. The molecule has 1 N–H and O–H groups in total. The molecule has 6 heteroatoms. The predicted octanol–water partition coefficient (Wildman–Crippen LogP) is 0.532. The number of hydrogen-bond donors (Lipinski definition) is 1. The molecule has 3 heterocycles. The highest BCUT2D eigenvalue weighted by atomic mass is 32.1. The zero-order valence-electron chi connectivity index (χ0n) is 9.24. The first-order chi connectivity index (χ1) is 8.22. The fourth-order valence-electron chi connectivity index (χ4n) is 2.10. The first kappa shape index (κ1) is 10.7. The van der Waals surface area contributed by atoms with E-state index in [2.05, 4.69) is 4.98 Å². The average Bonchev–Trinajstić information content (AvgIpc) is 2.92. The number of aliphatic hydroxyl groups is 1. The number of nitrogens with zero attached hydrogens (tertiary/aromatic N) is 3. The normalized spacial score (nSPS) is 20.3. The largest absolute Gasteiger partial charge is 0.391 e. The number of rotatable bonds is 2. The molecule has 17 heavy (non-hydrogen) atoms. The van der Waals surface area contributed by atoms with Crippen LogP contribution in [-0.2, 0) is 11.2 Å². The van der Waals surface area contributed by atoms with Gasteiger partial charge in [0.05, 0.1) is 18.2 Å². The Balaban J connectivity index is 1.70. The van der Waals surface area contributed by atoms with Gasteiger partial charge in [-0.05, 0) is 6.42 Å². The van der Waals surface area contributed by atoms with Crippen molar-refractivity contribution in [2.45, 2.75) is 18.9 Å². The maximum atomic E-state index is 11.9. The van der Waals surface area contributed by atoms with Crippen LogP contribution < -0.4 is 0 Å². The number of amides is 1. The van der Waals surface area contributed by atoms with Crippen LogP contribution in [0.3, 0.4) is 0 Å². The van der Waals surface area contributed by atoms with Crippen molar-refractivity contribution in [1.29, 1.82) is 0 Å². The molecule has 90 valence electrons. The molecule has 0 aliphatic carbocycles. The highest BCUT2D eigenvalue weighted by Gasteiger charge is 2.24. The third-order valence-electron chi connectivity index (χ3n) is 2.99. The summed E-state index contributed by atoms with van der Waals surface area (Å²) in [4.78, 5) is 18.9. The van der Waals surface area contributed by atoms with Crippen LogP contribution >= 0.6 is 11.3 Å². The first-order valence-electron chi connectivity index (χ1n) is 5.59. The van der Waals surface area contributed by atoms with Crippen LogP contribution in [0.1, 0.15) is 12.1 Å². The summed E-state index contributed by atoms with van der Waals surface area (Å²) in [5.41, 5.74) is 0.795. The average molecular weight is 251 g/mol. The predicted molar refractivity (Wildman–Crippen MR) is 64.0 cm³/mol. The van der Waals surface area contributed by atoms with Gasteiger partial charge in [0.15, 0.2) is 4.96 Å². The Morgan fingerprint density at radius 3 is 3.24 bits per heavy atom. The summed E-state index contributed by atoms with van der Waals surface area (Å²) < 4.78 is 1.92. The molecule has 0 bridgehead atoms. The second-order valence-electron chi connectivity index (χ2n) is 4.28. The van der Waals surface area contributed by atoms with Crippen LogP contribution in [0.4, 0.5) is 0 Å². The van der Waals surface area contributed by atoms with Crippen molar-refractivity contribution < 1.29 is 9.90 Å². The second-order valence-corrected chi connectivity index (χ2v) is 5.16. The molecule has 5 nitrogen and oxygen atoms in total. The Hall–Kier alpha value is -1.40. The van der Waals surface area contributed by atoms with Gasteiger partial charge in [0.2, 0.25) is 5.91 Å². The number of aromatic nitrogens is 2. The van der Waals surface area contributed by atoms with Crippen molar-refractivity contribution in [3.63, 3.8) is 0 Å². The van der Waals surface area contributed by atoms with E-state index in [0.29, 0.717) is 25.9 Å². The van der Waals surface area contributed by atoms with Crippen molar-refractivity contribution in [2.75, 3.05) is 13.1 Å². The summed E-state index contributed by atoms with van der Waals surface area (Å²) in [5, 5.41) is 11.3. The molecule has 0 unspecified atom stereocenters. The van der Waals surface area contributed by atoms with Gasteiger partial charge in [0.25, 0.3) is 0 Å². The van der Waals surface area contributed by atoms with E-state index in [9.17, 15) is 9.90 Å². The molecule has 2 aromatic rings. The Morgan fingerprint density at radius 2 is 2.53 bits per heavy atom. The molecular formula is C11H13N3O2S. The second kappa shape index (κ2) is 4.12. The van der Waals surface area contributed by atoms with Crippen LogP contribution in [0.5, 0.6) is 0 Å². The van der Waals surface area contributed by atoms with E-state index < -0.39 is 0 Å². The zero-order valence-corrected chi connectivity index (χ0v) is 10.1. The van der Waals surface area contributed by atoms with E-state index in [0.717, 1.165) is 10.7 Å². The lowest BCUT2D eigenvalue weighted by Gasteiger charge is -2.14. The van der Waals surface area contributed by atoms with Gasteiger partial charge in [-0.2, -0.15) is 0 Å². The van der Waals surface area contributed by atoms with Crippen molar-refractivity contribution in [2.24, 2.45) is 0 Å². The Labute approximate surface area is 102 Å². The van der Waals surface area contributed by atoms with Crippen LogP contribution in [0.2, 0.25) is 0 Å². The minimum Gasteiger partial charge on any atom is -0.391 e. The minimum atomic E-state index is -0.357. The van der Waals surface area contributed by atoms with Gasteiger partial charge < -0.3 is 10.0 Å². The molecule has 1 amide bonds. The van der Waals surface area contributed by atoms with Crippen LogP contribution in [0, 0.1) is 0 Å². The van der Waals surface area contributed by atoms with Crippen molar-refractivity contribution in [3.8, 4) is 0 Å². The highest BCUT2D eigenvalue weighted by Crippen LogP contribution is 2.14. The molecule has 0 radical (unpaired) electrons. The first-order valence-corrected chi connectivity index (χ1v) is 6.47. The Kier molecular flexibility index (Phi) is 2.60. The molecular weight excluding hydrogens is 238 g/mol. The number of aliphatic hydroxyl groups excluding tert-OH is 1. The molecule has 0 aromatic carbocycles.